The molecule has 0 saturated carbocycles. The number of nitrogens with zero attached hydrogens (tertiary/aromatic N) is 2. The van der Waals surface area contributed by atoms with Gasteiger partial charge in [0.2, 0.25) is 0 Å². The van der Waals surface area contributed by atoms with Crippen LogP contribution in [0, 0.1) is 10.1 Å². The normalized spacial score (nSPS) is 11.7. The Morgan fingerprint density at radius 3 is 2.55 bits per heavy atom. The number of carbonyl (C=O) groups is 2. The minimum Gasteiger partial charge on any atom is -0.865 e. The van der Waals surface area contributed by atoms with Gasteiger partial charge in [0.25, 0.3) is 5.69 Å². The number of nitro benzene ring substituents is 1. The van der Waals surface area contributed by atoms with Crippen molar-refractivity contribution in [2.75, 3.05) is 6.61 Å². The minimum absolute atomic E-state index is 0.142. The average Bonchev–Trinajstić information content (AvgIpc) is 2.70. The molecule has 0 unspecified atom stereocenters. The van der Waals surface area contributed by atoms with Crippen LogP contribution in [0.5, 0.6) is 11.5 Å². The van der Waals surface area contributed by atoms with Gasteiger partial charge < -0.3 is 15.2 Å². The molecule has 10 nitrogen and oxygen atoms in total. The largest absolute Gasteiger partial charge is 0.865 e. The highest BCUT2D eigenvalue weighted by molar-refractivity contribution is 6.35. The van der Waals surface area contributed by atoms with Crippen molar-refractivity contribution in [1.29, 1.82) is 0 Å². The predicted molar refractivity (Wildman–Crippen MR) is 102 cm³/mol. The Morgan fingerprint density at radius 2 is 1.93 bits per heavy atom. The molecule has 0 aliphatic rings. The fraction of sp³-hybridized carbons (Fsp3) is 0.211. The van der Waals surface area contributed by atoms with E-state index in [9.17, 15) is 24.8 Å². The summed E-state index contributed by atoms with van der Waals surface area (Å²) >= 11 is 0. The van der Waals surface area contributed by atoms with E-state index in [1.54, 1.807) is 13.8 Å². The van der Waals surface area contributed by atoms with Crippen LogP contribution in [0.25, 0.3) is 0 Å². The third-order valence-electron chi connectivity index (χ3n) is 3.79. The molecule has 0 heterocycles. The molecule has 2 N–H and O–H groups in total. The molecule has 2 aromatic rings. The second-order valence-electron chi connectivity index (χ2n) is 5.86. The first-order chi connectivity index (χ1) is 13.8. The molecule has 1 atom stereocenters. The lowest BCUT2D eigenvalue weighted by Crippen LogP contribution is -2.39. The topological polar surface area (TPSA) is 146 Å². The zero-order chi connectivity index (χ0) is 21.4. The number of nitro groups is 1. The molecule has 0 fully saturated rings. The molecule has 10 heteroatoms. The van der Waals surface area contributed by atoms with Gasteiger partial charge in [0.1, 0.15) is 5.75 Å². The maximum absolute atomic E-state index is 11.9. The van der Waals surface area contributed by atoms with Crippen molar-refractivity contribution in [2.45, 2.75) is 19.9 Å². The molecule has 0 saturated heterocycles. The predicted octanol–water partition coefficient (Wildman–Crippen LogP) is 1.39. The Bertz CT molecular complexity index is 930. The number of nitrogens with one attached hydrogen (secondary N) is 2. The van der Waals surface area contributed by atoms with Gasteiger partial charge in [0.15, 0.2) is 0 Å². The van der Waals surface area contributed by atoms with Crippen LogP contribution in [0.1, 0.15) is 31.0 Å². The monoisotopic (exact) mass is 399 g/mol. The quantitative estimate of drug-likeness (QED) is 0.311. The SMILES string of the molecule is CCOc1cc(/C=N\NC(=O)C(=O)N[C@@H](C)c2ccccc2)cc([N+](=O)[O-])c1[O-]. The van der Waals surface area contributed by atoms with Crippen LogP contribution in [0.2, 0.25) is 0 Å². The molecule has 0 aliphatic heterocycles. The van der Waals surface area contributed by atoms with Gasteiger partial charge in [-0.2, -0.15) is 5.10 Å². The zero-order valence-corrected chi connectivity index (χ0v) is 15.7. The van der Waals surface area contributed by atoms with E-state index in [1.165, 1.54) is 6.07 Å². The summed E-state index contributed by atoms with van der Waals surface area (Å²) in [6, 6.07) is 10.9. The molecule has 2 amide bonds. The summed E-state index contributed by atoms with van der Waals surface area (Å²) in [7, 11) is 0. The molecule has 152 valence electrons. The highest BCUT2D eigenvalue weighted by atomic mass is 16.6. The van der Waals surface area contributed by atoms with Gasteiger partial charge in [-0.3, -0.25) is 19.7 Å². The molecule has 0 bridgehead atoms. The summed E-state index contributed by atoms with van der Waals surface area (Å²) in [4.78, 5) is 34.0. The average molecular weight is 399 g/mol. The molecule has 0 radical (unpaired) electrons. The molecule has 2 aromatic carbocycles. The van der Waals surface area contributed by atoms with Crippen LogP contribution in [-0.2, 0) is 9.59 Å². The maximum Gasteiger partial charge on any atom is 0.329 e. The minimum atomic E-state index is -1.01. The first-order valence-electron chi connectivity index (χ1n) is 8.64. The fourth-order valence-electron chi connectivity index (χ4n) is 2.38. The van der Waals surface area contributed by atoms with E-state index in [-0.39, 0.29) is 24.0 Å². The van der Waals surface area contributed by atoms with Gasteiger partial charge >= 0.3 is 11.8 Å². The smallest absolute Gasteiger partial charge is 0.329 e. The number of hydrogen-bond acceptors (Lipinski definition) is 7. The van der Waals surface area contributed by atoms with Crippen molar-refractivity contribution in [2.24, 2.45) is 5.10 Å². The molecule has 0 aromatic heterocycles. The zero-order valence-electron chi connectivity index (χ0n) is 15.7. The van der Waals surface area contributed by atoms with E-state index >= 15 is 0 Å². The summed E-state index contributed by atoms with van der Waals surface area (Å²) in [5.74, 6) is -2.96. The lowest BCUT2D eigenvalue weighted by Gasteiger charge is -2.14. The number of rotatable bonds is 7. The van der Waals surface area contributed by atoms with E-state index in [0.29, 0.717) is 0 Å². The van der Waals surface area contributed by atoms with Crippen molar-refractivity contribution >= 4 is 23.7 Å². The number of hydrogen-bond donors (Lipinski definition) is 2. The number of hydrazone groups is 1. The first-order valence-corrected chi connectivity index (χ1v) is 8.64. The summed E-state index contributed by atoms with van der Waals surface area (Å²) in [5, 5.41) is 29.0. The lowest BCUT2D eigenvalue weighted by molar-refractivity contribution is -0.398. The van der Waals surface area contributed by atoms with Crippen molar-refractivity contribution in [3.8, 4) is 11.5 Å². The lowest BCUT2D eigenvalue weighted by atomic mass is 10.1. The second-order valence-corrected chi connectivity index (χ2v) is 5.86. The highest BCUT2D eigenvalue weighted by Gasteiger charge is 2.17. The molecule has 0 spiro atoms. The summed E-state index contributed by atoms with van der Waals surface area (Å²) < 4.78 is 5.09. The maximum atomic E-state index is 11.9. The van der Waals surface area contributed by atoms with Crippen molar-refractivity contribution < 1.29 is 24.4 Å². The van der Waals surface area contributed by atoms with Gasteiger partial charge in [0, 0.05) is 17.4 Å². The van der Waals surface area contributed by atoms with E-state index < -0.39 is 28.2 Å². The van der Waals surface area contributed by atoms with E-state index in [4.69, 9.17) is 4.74 Å². The van der Waals surface area contributed by atoms with Gasteiger partial charge in [0.05, 0.1) is 23.8 Å². The fourth-order valence-corrected chi connectivity index (χ4v) is 2.38. The van der Waals surface area contributed by atoms with Crippen LogP contribution < -0.4 is 20.6 Å². The van der Waals surface area contributed by atoms with Crippen molar-refractivity contribution in [3.63, 3.8) is 0 Å². The van der Waals surface area contributed by atoms with Gasteiger partial charge in [-0.1, -0.05) is 30.3 Å². The molecule has 2 rings (SSSR count). The third kappa shape index (κ3) is 5.76. The molecule has 0 aliphatic carbocycles. The first kappa shape index (κ1) is 21.4. The third-order valence-corrected chi connectivity index (χ3v) is 3.79. The standard InChI is InChI=1S/C19H20N4O6/c1-3-29-16-10-13(9-15(17(16)24)23(27)28)11-20-22-19(26)18(25)21-12(2)14-7-5-4-6-8-14/h4-12,24H,3H2,1-2H3,(H,21,25)(H,22,26)/p-1/b20-11-/t12-/m0/s1. The van der Waals surface area contributed by atoms with Crippen LogP contribution in [0.4, 0.5) is 5.69 Å². The Labute approximate surface area is 166 Å². The number of benzene rings is 2. The van der Waals surface area contributed by atoms with Gasteiger partial charge in [-0.05, 0) is 25.5 Å². The number of amides is 2. The van der Waals surface area contributed by atoms with E-state index in [1.807, 2.05) is 35.8 Å². The van der Waals surface area contributed by atoms with Crippen LogP contribution in [-0.4, -0.2) is 29.6 Å². The Kier molecular flexibility index (Phi) is 7.24. The summed E-state index contributed by atoms with van der Waals surface area (Å²) in [6.45, 7) is 3.49. The molecule has 29 heavy (non-hydrogen) atoms. The molecular weight excluding hydrogens is 380 g/mol. The Morgan fingerprint density at radius 1 is 1.24 bits per heavy atom. The van der Waals surface area contributed by atoms with Crippen LogP contribution in [0.3, 0.4) is 0 Å². The second kappa shape index (κ2) is 9.83. The van der Waals surface area contributed by atoms with E-state index in [2.05, 4.69) is 10.4 Å². The van der Waals surface area contributed by atoms with E-state index in [0.717, 1.165) is 17.8 Å². The molecular formula is C19H19N4O6-. The Hall–Kier alpha value is -3.95. The van der Waals surface area contributed by atoms with Crippen molar-refractivity contribution in [3.05, 3.63) is 63.7 Å². The van der Waals surface area contributed by atoms with Crippen LogP contribution >= 0.6 is 0 Å². The number of carbonyl (C=O) groups excluding carboxylic acids is 2. The summed E-state index contributed by atoms with van der Waals surface area (Å²) in [5.41, 5.74) is 2.33. The highest BCUT2D eigenvalue weighted by Crippen LogP contribution is 2.34. The summed E-state index contributed by atoms with van der Waals surface area (Å²) in [6.07, 6.45) is 1.07. The Balaban J connectivity index is 2.04. The van der Waals surface area contributed by atoms with Crippen molar-refractivity contribution in [1.82, 2.24) is 10.7 Å². The number of ether oxygens (including phenoxy) is 1. The van der Waals surface area contributed by atoms with Gasteiger partial charge in [-0.25, -0.2) is 5.43 Å². The van der Waals surface area contributed by atoms with Crippen LogP contribution in [0.15, 0.2) is 47.6 Å². The van der Waals surface area contributed by atoms with Gasteiger partial charge in [-0.15, -0.1) is 0 Å².